The van der Waals surface area contributed by atoms with Crippen molar-refractivity contribution in [3.63, 3.8) is 0 Å². The van der Waals surface area contributed by atoms with Crippen LogP contribution in [-0.4, -0.2) is 13.6 Å². The Morgan fingerprint density at radius 3 is 2.50 bits per heavy atom. The molecule has 0 fully saturated rings. The first-order chi connectivity index (χ1) is 5.88. The summed E-state index contributed by atoms with van der Waals surface area (Å²) in [7, 11) is 1.96. The summed E-state index contributed by atoms with van der Waals surface area (Å²) >= 11 is 0. The summed E-state index contributed by atoms with van der Waals surface area (Å²) in [5.41, 5.74) is 8.21. The molecule has 0 radical (unpaired) electrons. The van der Waals surface area contributed by atoms with Crippen LogP contribution < -0.4 is 11.1 Å². The van der Waals surface area contributed by atoms with Crippen LogP contribution in [0.2, 0.25) is 0 Å². The number of nitrogens with two attached hydrogens (primary N) is 1. The Morgan fingerprint density at radius 2 is 1.92 bits per heavy atom. The molecule has 0 heterocycles. The Balaban J connectivity index is 2.77. The molecule has 2 nitrogen and oxygen atoms in total. The van der Waals surface area contributed by atoms with Gasteiger partial charge in [0.2, 0.25) is 0 Å². The maximum Gasteiger partial charge on any atom is 0.0205 e. The van der Waals surface area contributed by atoms with Gasteiger partial charge in [-0.25, -0.2) is 0 Å². The van der Waals surface area contributed by atoms with E-state index in [1.165, 1.54) is 11.1 Å². The lowest BCUT2D eigenvalue weighted by atomic mass is 10.0. The van der Waals surface area contributed by atoms with Crippen molar-refractivity contribution in [2.24, 2.45) is 5.73 Å². The smallest absolute Gasteiger partial charge is 0.0205 e. The summed E-state index contributed by atoms with van der Waals surface area (Å²) in [5.74, 6) is 0. The molecule has 2 heteroatoms. The molecule has 0 aliphatic carbocycles. The van der Waals surface area contributed by atoms with Gasteiger partial charge in [0.25, 0.3) is 0 Å². The molecule has 66 valence electrons. The van der Waals surface area contributed by atoms with Crippen LogP contribution in [0.25, 0.3) is 0 Å². The molecule has 0 spiro atoms. The van der Waals surface area contributed by atoms with Crippen LogP contribution in [0.5, 0.6) is 0 Å². The lowest BCUT2D eigenvalue weighted by Crippen LogP contribution is -2.10. The number of hydrogen-bond donors (Lipinski definition) is 2. The zero-order valence-corrected chi connectivity index (χ0v) is 7.51. The molecule has 0 saturated heterocycles. The summed E-state index contributed by atoms with van der Waals surface area (Å²) in [6, 6.07) is 8.40. The predicted octanol–water partition coefficient (Wildman–Crippen LogP) is 0.907. The van der Waals surface area contributed by atoms with Gasteiger partial charge in [-0.05, 0) is 31.1 Å². The minimum Gasteiger partial charge on any atom is -0.330 e. The van der Waals surface area contributed by atoms with Gasteiger partial charge >= 0.3 is 0 Å². The maximum absolute atomic E-state index is 5.51. The number of rotatable bonds is 4. The molecule has 0 amide bonds. The third-order valence-corrected chi connectivity index (χ3v) is 1.90. The Kier molecular flexibility index (Phi) is 3.77. The molecule has 0 aromatic heterocycles. The van der Waals surface area contributed by atoms with Crippen LogP contribution in [0.4, 0.5) is 0 Å². The fraction of sp³-hybridized carbons (Fsp3) is 0.400. The molecular weight excluding hydrogens is 148 g/mol. The Hall–Kier alpha value is -0.860. The van der Waals surface area contributed by atoms with E-state index in [1.54, 1.807) is 0 Å². The van der Waals surface area contributed by atoms with E-state index in [0.29, 0.717) is 0 Å². The third-order valence-electron chi connectivity index (χ3n) is 1.90. The molecule has 0 aliphatic heterocycles. The SMILES string of the molecule is CNCc1ccccc1CCN. The van der Waals surface area contributed by atoms with Gasteiger partial charge in [-0.15, -0.1) is 0 Å². The summed E-state index contributed by atoms with van der Waals surface area (Å²) in [4.78, 5) is 0. The van der Waals surface area contributed by atoms with Gasteiger partial charge in [0.15, 0.2) is 0 Å². The fourth-order valence-corrected chi connectivity index (χ4v) is 1.32. The van der Waals surface area contributed by atoms with E-state index < -0.39 is 0 Å². The lowest BCUT2D eigenvalue weighted by Gasteiger charge is -2.06. The van der Waals surface area contributed by atoms with Gasteiger partial charge in [0.1, 0.15) is 0 Å². The highest BCUT2D eigenvalue weighted by atomic mass is 14.8. The standard InChI is InChI=1S/C10H16N2/c1-12-8-10-5-3-2-4-9(10)6-7-11/h2-5,12H,6-8,11H2,1H3. The summed E-state index contributed by atoms with van der Waals surface area (Å²) in [5, 5.41) is 3.14. The minimum atomic E-state index is 0.723. The third kappa shape index (κ3) is 2.32. The molecule has 0 bridgehead atoms. The van der Waals surface area contributed by atoms with Gasteiger partial charge in [-0.1, -0.05) is 24.3 Å². The lowest BCUT2D eigenvalue weighted by molar-refractivity contribution is 0.800. The molecule has 3 N–H and O–H groups in total. The fourth-order valence-electron chi connectivity index (χ4n) is 1.32. The largest absolute Gasteiger partial charge is 0.330 e. The highest BCUT2D eigenvalue weighted by Gasteiger charge is 1.97. The molecular formula is C10H16N2. The number of benzene rings is 1. The van der Waals surface area contributed by atoms with Crippen molar-refractivity contribution < 1.29 is 0 Å². The molecule has 1 aromatic carbocycles. The van der Waals surface area contributed by atoms with E-state index >= 15 is 0 Å². The van der Waals surface area contributed by atoms with Crippen LogP contribution in [0, 0.1) is 0 Å². The topological polar surface area (TPSA) is 38.0 Å². The highest BCUT2D eigenvalue weighted by molar-refractivity contribution is 5.27. The molecule has 12 heavy (non-hydrogen) atoms. The summed E-state index contributed by atoms with van der Waals surface area (Å²) in [6.45, 7) is 1.65. The first-order valence-electron chi connectivity index (χ1n) is 4.30. The highest BCUT2D eigenvalue weighted by Crippen LogP contribution is 2.08. The van der Waals surface area contributed by atoms with Crippen molar-refractivity contribution in [3.05, 3.63) is 35.4 Å². The van der Waals surface area contributed by atoms with E-state index in [9.17, 15) is 0 Å². The van der Waals surface area contributed by atoms with Crippen molar-refractivity contribution in [1.82, 2.24) is 5.32 Å². The van der Waals surface area contributed by atoms with Crippen molar-refractivity contribution in [1.29, 1.82) is 0 Å². The second-order valence-electron chi connectivity index (χ2n) is 2.84. The van der Waals surface area contributed by atoms with Crippen LogP contribution in [0.1, 0.15) is 11.1 Å². The molecule has 0 saturated carbocycles. The van der Waals surface area contributed by atoms with Gasteiger partial charge in [-0.3, -0.25) is 0 Å². The second kappa shape index (κ2) is 4.91. The van der Waals surface area contributed by atoms with E-state index in [2.05, 4.69) is 29.6 Å². The predicted molar refractivity (Wildman–Crippen MR) is 52.0 cm³/mol. The van der Waals surface area contributed by atoms with E-state index in [-0.39, 0.29) is 0 Å². The zero-order chi connectivity index (χ0) is 8.81. The van der Waals surface area contributed by atoms with Crippen LogP contribution in [-0.2, 0) is 13.0 Å². The van der Waals surface area contributed by atoms with Gasteiger partial charge < -0.3 is 11.1 Å². The van der Waals surface area contributed by atoms with Crippen molar-refractivity contribution in [2.45, 2.75) is 13.0 Å². The van der Waals surface area contributed by atoms with E-state index in [4.69, 9.17) is 5.73 Å². The molecule has 0 atom stereocenters. The molecule has 0 unspecified atom stereocenters. The normalized spacial score (nSPS) is 10.2. The van der Waals surface area contributed by atoms with Gasteiger partial charge in [0.05, 0.1) is 0 Å². The summed E-state index contributed by atoms with van der Waals surface area (Å²) < 4.78 is 0. The monoisotopic (exact) mass is 164 g/mol. The average Bonchev–Trinajstić information content (AvgIpc) is 2.09. The average molecular weight is 164 g/mol. The Labute approximate surface area is 73.8 Å². The van der Waals surface area contributed by atoms with Crippen LogP contribution in [0.3, 0.4) is 0 Å². The number of hydrogen-bond acceptors (Lipinski definition) is 2. The van der Waals surface area contributed by atoms with Gasteiger partial charge in [0, 0.05) is 6.54 Å². The Morgan fingerprint density at radius 1 is 1.25 bits per heavy atom. The molecule has 1 aromatic rings. The van der Waals surface area contributed by atoms with Crippen LogP contribution >= 0.6 is 0 Å². The van der Waals surface area contributed by atoms with Crippen molar-refractivity contribution in [2.75, 3.05) is 13.6 Å². The minimum absolute atomic E-state index is 0.723. The molecule has 0 aliphatic rings. The van der Waals surface area contributed by atoms with Crippen molar-refractivity contribution >= 4 is 0 Å². The van der Waals surface area contributed by atoms with E-state index in [0.717, 1.165) is 19.5 Å². The van der Waals surface area contributed by atoms with Crippen LogP contribution in [0.15, 0.2) is 24.3 Å². The number of nitrogens with one attached hydrogen (secondary N) is 1. The maximum atomic E-state index is 5.51. The van der Waals surface area contributed by atoms with Crippen molar-refractivity contribution in [3.8, 4) is 0 Å². The quantitative estimate of drug-likeness (QED) is 0.694. The first-order valence-corrected chi connectivity index (χ1v) is 4.30. The summed E-state index contributed by atoms with van der Waals surface area (Å²) in [6.07, 6.45) is 0.970. The van der Waals surface area contributed by atoms with Gasteiger partial charge in [-0.2, -0.15) is 0 Å². The van der Waals surface area contributed by atoms with E-state index in [1.807, 2.05) is 7.05 Å². The first kappa shape index (κ1) is 9.23. The Bertz CT molecular complexity index is 208. The molecule has 1 rings (SSSR count). The zero-order valence-electron chi connectivity index (χ0n) is 7.51. The second-order valence-corrected chi connectivity index (χ2v) is 2.84.